The van der Waals surface area contributed by atoms with E-state index in [-0.39, 0.29) is 4.87 Å². The Hall–Kier alpha value is 0.290. The molecule has 0 aliphatic heterocycles. The number of hydrogen-bond acceptors (Lipinski definition) is 0. The Morgan fingerprint density at radius 2 is 1.45 bits per heavy atom. The SMILES string of the molecule is ClC1(C2CCCC2)CCCC1. The van der Waals surface area contributed by atoms with Crippen LogP contribution in [0.15, 0.2) is 0 Å². The van der Waals surface area contributed by atoms with E-state index >= 15 is 0 Å². The average molecular weight is 173 g/mol. The highest BCUT2D eigenvalue weighted by Crippen LogP contribution is 2.48. The van der Waals surface area contributed by atoms with Crippen LogP contribution in [-0.2, 0) is 0 Å². The first-order chi connectivity index (χ1) is 5.31. The number of rotatable bonds is 1. The van der Waals surface area contributed by atoms with Gasteiger partial charge in [-0.15, -0.1) is 11.6 Å². The lowest BCUT2D eigenvalue weighted by atomic mass is 9.89. The molecule has 0 aromatic heterocycles. The Kier molecular flexibility index (Phi) is 2.14. The van der Waals surface area contributed by atoms with Gasteiger partial charge < -0.3 is 0 Å². The predicted octanol–water partition coefficient (Wildman–Crippen LogP) is 3.73. The Bertz CT molecular complexity index is 130. The lowest BCUT2D eigenvalue weighted by Gasteiger charge is -2.28. The van der Waals surface area contributed by atoms with Crippen LogP contribution in [0.2, 0.25) is 0 Å². The van der Waals surface area contributed by atoms with Gasteiger partial charge in [-0.2, -0.15) is 0 Å². The maximum Gasteiger partial charge on any atom is 0.0475 e. The van der Waals surface area contributed by atoms with Crippen LogP contribution < -0.4 is 0 Å². The third kappa shape index (κ3) is 1.42. The minimum Gasteiger partial charge on any atom is -0.119 e. The maximum atomic E-state index is 6.58. The van der Waals surface area contributed by atoms with Crippen molar-refractivity contribution in [3.05, 3.63) is 0 Å². The highest BCUT2D eigenvalue weighted by molar-refractivity contribution is 6.24. The van der Waals surface area contributed by atoms with Crippen molar-refractivity contribution in [2.75, 3.05) is 0 Å². The summed E-state index contributed by atoms with van der Waals surface area (Å²) in [6, 6.07) is 0. The molecule has 2 saturated carbocycles. The van der Waals surface area contributed by atoms with Crippen LogP contribution in [0.4, 0.5) is 0 Å². The van der Waals surface area contributed by atoms with Crippen molar-refractivity contribution in [3.63, 3.8) is 0 Å². The van der Waals surface area contributed by atoms with Crippen LogP contribution >= 0.6 is 11.6 Å². The van der Waals surface area contributed by atoms with E-state index in [0.717, 1.165) is 5.92 Å². The molecule has 0 aromatic rings. The molecule has 2 aliphatic carbocycles. The van der Waals surface area contributed by atoms with E-state index in [2.05, 4.69) is 0 Å². The van der Waals surface area contributed by atoms with E-state index in [1.54, 1.807) is 0 Å². The normalized spacial score (nSPS) is 31.4. The first-order valence-electron chi connectivity index (χ1n) is 5.00. The van der Waals surface area contributed by atoms with Crippen molar-refractivity contribution in [2.24, 2.45) is 5.92 Å². The highest BCUT2D eigenvalue weighted by Gasteiger charge is 2.40. The van der Waals surface area contributed by atoms with Gasteiger partial charge in [-0.05, 0) is 31.6 Å². The minimum absolute atomic E-state index is 0.247. The second kappa shape index (κ2) is 2.97. The topological polar surface area (TPSA) is 0 Å². The molecular weight excluding hydrogens is 156 g/mol. The standard InChI is InChI=1S/C10H17Cl/c11-10(7-3-4-8-10)9-5-1-2-6-9/h9H,1-8H2. The zero-order chi connectivity index (χ0) is 7.73. The van der Waals surface area contributed by atoms with Gasteiger partial charge in [-0.25, -0.2) is 0 Å². The van der Waals surface area contributed by atoms with Crippen molar-refractivity contribution < 1.29 is 0 Å². The number of hydrogen-bond donors (Lipinski definition) is 0. The second-order valence-electron chi connectivity index (χ2n) is 4.22. The maximum absolute atomic E-state index is 6.58. The molecular formula is C10H17Cl. The van der Waals surface area contributed by atoms with E-state index in [4.69, 9.17) is 11.6 Å². The van der Waals surface area contributed by atoms with E-state index in [1.165, 1.54) is 51.4 Å². The molecule has 2 aliphatic rings. The summed E-state index contributed by atoms with van der Waals surface area (Å²) in [5, 5.41) is 0. The average Bonchev–Trinajstić information content (AvgIpc) is 2.55. The quantitative estimate of drug-likeness (QED) is 0.529. The van der Waals surface area contributed by atoms with Gasteiger partial charge in [-0.1, -0.05) is 25.7 Å². The fourth-order valence-corrected chi connectivity index (χ4v) is 3.30. The van der Waals surface area contributed by atoms with Gasteiger partial charge in [-0.3, -0.25) is 0 Å². The summed E-state index contributed by atoms with van der Waals surface area (Å²) in [4.78, 5) is 0.247. The van der Waals surface area contributed by atoms with Crippen molar-refractivity contribution in [3.8, 4) is 0 Å². The lowest BCUT2D eigenvalue weighted by molar-refractivity contribution is 0.381. The lowest BCUT2D eigenvalue weighted by Crippen LogP contribution is -2.26. The van der Waals surface area contributed by atoms with Gasteiger partial charge in [0, 0.05) is 4.87 Å². The van der Waals surface area contributed by atoms with Crippen molar-refractivity contribution in [2.45, 2.75) is 56.2 Å². The molecule has 0 nitrogen and oxygen atoms in total. The molecule has 0 radical (unpaired) electrons. The van der Waals surface area contributed by atoms with Crippen LogP contribution in [0.1, 0.15) is 51.4 Å². The molecule has 2 fully saturated rings. The third-order valence-corrected chi connectivity index (χ3v) is 4.21. The first kappa shape index (κ1) is 7.91. The summed E-state index contributed by atoms with van der Waals surface area (Å²) in [5.74, 6) is 0.867. The molecule has 0 unspecified atom stereocenters. The summed E-state index contributed by atoms with van der Waals surface area (Å²) in [6.45, 7) is 0. The molecule has 0 amide bonds. The predicted molar refractivity (Wildman–Crippen MR) is 49.0 cm³/mol. The van der Waals surface area contributed by atoms with Gasteiger partial charge >= 0.3 is 0 Å². The van der Waals surface area contributed by atoms with Crippen LogP contribution in [0.3, 0.4) is 0 Å². The Morgan fingerprint density at radius 1 is 0.909 bits per heavy atom. The smallest absolute Gasteiger partial charge is 0.0475 e. The number of alkyl halides is 1. The van der Waals surface area contributed by atoms with Crippen LogP contribution in [0.25, 0.3) is 0 Å². The van der Waals surface area contributed by atoms with Crippen LogP contribution in [0.5, 0.6) is 0 Å². The molecule has 1 heteroatoms. The fraction of sp³-hybridized carbons (Fsp3) is 1.00. The summed E-state index contributed by atoms with van der Waals surface area (Å²) in [7, 11) is 0. The molecule has 0 heterocycles. The molecule has 0 saturated heterocycles. The van der Waals surface area contributed by atoms with Crippen LogP contribution in [-0.4, -0.2) is 4.87 Å². The summed E-state index contributed by atoms with van der Waals surface area (Å²) < 4.78 is 0. The second-order valence-corrected chi connectivity index (χ2v) is 4.98. The van der Waals surface area contributed by atoms with Gasteiger partial charge in [0.1, 0.15) is 0 Å². The van der Waals surface area contributed by atoms with E-state index < -0.39 is 0 Å². The van der Waals surface area contributed by atoms with E-state index in [0.29, 0.717) is 0 Å². The van der Waals surface area contributed by atoms with Crippen LogP contribution in [0, 0.1) is 5.92 Å². The fourth-order valence-electron chi connectivity index (χ4n) is 2.81. The molecule has 0 aromatic carbocycles. The monoisotopic (exact) mass is 172 g/mol. The van der Waals surface area contributed by atoms with Crippen molar-refractivity contribution >= 4 is 11.6 Å². The third-order valence-electron chi connectivity index (χ3n) is 3.52. The van der Waals surface area contributed by atoms with Gasteiger partial charge in [0.2, 0.25) is 0 Å². The molecule has 0 bridgehead atoms. The number of halogens is 1. The Labute approximate surface area is 74.3 Å². The van der Waals surface area contributed by atoms with Gasteiger partial charge in [0.25, 0.3) is 0 Å². The summed E-state index contributed by atoms with van der Waals surface area (Å²) in [6.07, 6.45) is 11.0. The van der Waals surface area contributed by atoms with Crippen molar-refractivity contribution in [1.29, 1.82) is 0 Å². The molecule has 0 N–H and O–H groups in total. The van der Waals surface area contributed by atoms with Crippen molar-refractivity contribution in [1.82, 2.24) is 0 Å². The van der Waals surface area contributed by atoms with E-state index in [9.17, 15) is 0 Å². The zero-order valence-electron chi connectivity index (χ0n) is 7.11. The molecule has 0 spiro atoms. The summed E-state index contributed by atoms with van der Waals surface area (Å²) >= 11 is 6.58. The minimum atomic E-state index is 0.247. The van der Waals surface area contributed by atoms with E-state index in [1.807, 2.05) is 0 Å². The molecule has 2 rings (SSSR count). The summed E-state index contributed by atoms with van der Waals surface area (Å²) in [5.41, 5.74) is 0. The first-order valence-corrected chi connectivity index (χ1v) is 5.38. The molecule has 64 valence electrons. The van der Waals surface area contributed by atoms with Gasteiger partial charge in [0.15, 0.2) is 0 Å². The van der Waals surface area contributed by atoms with Gasteiger partial charge in [0.05, 0.1) is 0 Å². The molecule has 11 heavy (non-hydrogen) atoms. The Morgan fingerprint density at radius 3 is 2.00 bits per heavy atom. The molecule has 0 atom stereocenters. The zero-order valence-corrected chi connectivity index (χ0v) is 7.87. The Balaban J connectivity index is 2.00. The largest absolute Gasteiger partial charge is 0.119 e. The highest BCUT2D eigenvalue weighted by atomic mass is 35.5.